The van der Waals surface area contributed by atoms with Crippen LogP contribution in [-0.2, 0) is 6.61 Å². The second kappa shape index (κ2) is 6.92. The highest BCUT2D eigenvalue weighted by molar-refractivity contribution is 5.39. The van der Waals surface area contributed by atoms with Gasteiger partial charge < -0.3 is 10.1 Å². The molecule has 2 rings (SSSR count). The lowest BCUT2D eigenvalue weighted by molar-refractivity contribution is 0.300. The van der Waals surface area contributed by atoms with Crippen molar-refractivity contribution < 1.29 is 4.74 Å². The van der Waals surface area contributed by atoms with E-state index in [2.05, 4.69) is 37.4 Å². The van der Waals surface area contributed by atoms with Gasteiger partial charge in [-0.25, -0.2) is 0 Å². The minimum atomic E-state index is 0.237. The summed E-state index contributed by atoms with van der Waals surface area (Å²) >= 11 is 0. The zero-order valence-electron chi connectivity index (χ0n) is 12.7. The first kappa shape index (κ1) is 15.1. The number of nitriles is 1. The molecule has 0 amide bonds. The molecule has 2 aromatic rings. The minimum absolute atomic E-state index is 0.237. The van der Waals surface area contributed by atoms with Crippen LogP contribution >= 0.6 is 0 Å². The number of rotatable bonds is 5. The molecule has 0 heterocycles. The maximum Gasteiger partial charge on any atom is 0.124 e. The van der Waals surface area contributed by atoms with Crippen molar-refractivity contribution in [3.05, 3.63) is 64.7 Å². The summed E-state index contributed by atoms with van der Waals surface area (Å²) in [5, 5.41) is 12.0. The van der Waals surface area contributed by atoms with Crippen molar-refractivity contribution in [2.45, 2.75) is 26.5 Å². The summed E-state index contributed by atoms with van der Waals surface area (Å²) in [6, 6.07) is 16.0. The first-order valence-corrected chi connectivity index (χ1v) is 7.03. The van der Waals surface area contributed by atoms with Crippen LogP contribution in [0.4, 0.5) is 0 Å². The predicted molar refractivity (Wildman–Crippen MR) is 84.1 cm³/mol. The third-order valence-electron chi connectivity index (χ3n) is 3.54. The zero-order valence-corrected chi connectivity index (χ0v) is 12.7. The number of hydrogen-bond donors (Lipinski definition) is 1. The van der Waals surface area contributed by atoms with Crippen molar-refractivity contribution in [1.29, 1.82) is 5.26 Å². The average molecular weight is 280 g/mol. The molecule has 1 N–H and O–H groups in total. The molecule has 0 aliphatic heterocycles. The van der Waals surface area contributed by atoms with Crippen LogP contribution in [0, 0.1) is 18.3 Å². The molecule has 0 aliphatic carbocycles. The van der Waals surface area contributed by atoms with Gasteiger partial charge in [0.2, 0.25) is 0 Å². The van der Waals surface area contributed by atoms with Crippen molar-refractivity contribution >= 4 is 0 Å². The Morgan fingerprint density at radius 2 is 1.90 bits per heavy atom. The van der Waals surface area contributed by atoms with Crippen LogP contribution in [0.1, 0.15) is 35.2 Å². The molecule has 0 spiro atoms. The van der Waals surface area contributed by atoms with Crippen LogP contribution in [0.25, 0.3) is 0 Å². The van der Waals surface area contributed by atoms with Crippen molar-refractivity contribution in [2.75, 3.05) is 7.05 Å². The molecule has 0 aromatic heterocycles. The van der Waals surface area contributed by atoms with E-state index in [9.17, 15) is 0 Å². The Labute approximate surface area is 126 Å². The molecule has 1 atom stereocenters. The third-order valence-corrected chi connectivity index (χ3v) is 3.54. The van der Waals surface area contributed by atoms with Gasteiger partial charge in [-0.3, -0.25) is 0 Å². The predicted octanol–water partition coefficient (Wildman–Crippen LogP) is 3.73. The molecule has 0 aliphatic rings. The van der Waals surface area contributed by atoms with Gasteiger partial charge in [-0.2, -0.15) is 5.26 Å². The lowest BCUT2D eigenvalue weighted by Crippen LogP contribution is -2.14. The van der Waals surface area contributed by atoms with Crippen LogP contribution in [0.5, 0.6) is 5.75 Å². The van der Waals surface area contributed by atoms with Gasteiger partial charge in [0, 0.05) is 11.6 Å². The number of hydrogen-bond acceptors (Lipinski definition) is 3. The number of nitrogens with one attached hydrogen (secondary N) is 1. The summed E-state index contributed by atoms with van der Waals surface area (Å²) < 4.78 is 5.95. The third kappa shape index (κ3) is 3.84. The van der Waals surface area contributed by atoms with E-state index in [4.69, 9.17) is 10.00 Å². The van der Waals surface area contributed by atoms with Gasteiger partial charge in [-0.05, 0) is 44.7 Å². The Bertz CT molecular complexity index is 641. The summed E-state index contributed by atoms with van der Waals surface area (Å²) in [5.74, 6) is 0.895. The minimum Gasteiger partial charge on any atom is -0.489 e. The SMILES string of the molecule is CNC(C)c1cc(C)ccc1OCc1ccc(C#N)cc1. The van der Waals surface area contributed by atoms with E-state index in [0.717, 1.165) is 16.9 Å². The molecule has 108 valence electrons. The van der Waals surface area contributed by atoms with E-state index in [-0.39, 0.29) is 6.04 Å². The summed E-state index contributed by atoms with van der Waals surface area (Å²) in [4.78, 5) is 0. The monoisotopic (exact) mass is 280 g/mol. The number of ether oxygens (including phenoxy) is 1. The lowest BCUT2D eigenvalue weighted by atomic mass is 10.0. The standard InChI is InChI=1S/C18H20N2O/c1-13-4-9-18(17(10-13)14(2)20-3)21-12-16-7-5-15(11-19)6-8-16/h4-10,14,20H,12H2,1-3H3. The Kier molecular flexibility index (Phi) is 4.97. The quantitative estimate of drug-likeness (QED) is 0.907. The first-order chi connectivity index (χ1) is 10.1. The topological polar surface area (TPSA) is 45.0 Å². The van der Waals surface area contributed by atoms with Crippen molar-refractivity contribution in [3.8, 4) is 11.8 Å². The fourth-order valence-corrected chi connectivity index (χ4v) is 2.13. The number of aryl methyl sites for hydroxylation is 1. The van der Waals surface area contributed by atoms with Crippen LogP contribution < -0.4 is 10.1 Å². The first-order valence-electron chi connectivity index (χ1n) is 7.03. The Morgan fingerprint density at radius 3 is 2.52 bits per heavy atom. The van der Waals surface area contributed by atoms with E-state index in [0.29, 0.717) is 12.2 Å². The fourth-order valence-electron chi connectivity index (χ4n) is 2.13. The smallest absolute Gasteiger partial charge is 0.124 e. The molecule has 0 saturated carbocycles. The molecule has 3 nitrogen and oxygen atoms in total. The zero-order chi connectivity index (χ0) is 15.2. The van der Waals surface area contributed by atoms with Crippen LogP contribution in [-0.4, -0.2) is 7.05 Å². The molecule has 0 bridgehead atoms. The van der Waals surface area contributed by atoms with Gasteiger partial charge in [0.05, 0.1) is 11.6 Å². The molecule has 0 saturated heterocycles. The summed E-state index contributed by atoms with van der Waals surface area (Å²) in [6.45, 7) is 4.69. The van der Waals surface area contributed by atoms with E-state index < -0.39 is 0 Å². The van der Waals surface area contributed by atoms with Gasteiger partial charge in [-0.1, -0.05) is 29.8 Å². The van der Waals surface area contributed by atoms with E-state index in [1.807, 2.05) is 37.4 Å². The highest BCUT2D eigenvalue weighted by atomic mass is 16.5. The Hall–Kier alpha value is -2.31. The molecule has 3 heteroatoms. The summed E-state index contributed by atoms with van der Waals surface area (Å²) in [7, 11) is 1.94. The fraction of sp³-hybridized carbons (Fsp3) is 0.278. The summed E-state index contributed by atoms with van der Waals surface area (Å²) in [6.07, 6.45) is 0. The highest BCUT2D eigenvalue weighted by Gasteiger charge is 2.10. The van der Waals surface area contributed by atoms with Gasteiger partial charge >= 0.3 is 0 Å². The number of nitrogens with zero attached hydrogens (tertiary/aromatic N) is 1. The molecule has 0 radical (unpaired) electrons. The summed E-state index contributed by atoms with van der Waals surface area (Å²) in [5.41, 5.74) is 4.10. The van der Waals surface area contributed by atoms with Gasteiger partial charge in [0.25, 0.3) is 0 Å². The van der Waals surface area contributed by atoms with Crippen LogP contribution in [0.2, 0.25) is 0 Å². The molecule has 2 aromatic carbocycles. The molecular formula is C18H20N2O. The maximum atomic E-state index is 8.80. The Balaban J connectivity index is 2.13. The molecule has 0 fully saturated rings. The average Bonchev–Trinajstić information content (AvgIpc) is 2.53. The largest absolute Gasteiger partial charge is 0.489 e. The lowest BCUT2D eigenvalue weighted by Gasteiger charge is -2.17. The van der Waals surface area contributed by atoms with Gasteiger partial charge in [0.1, 0.15) is 12.4 Å². The molecule has 1 unspecified atom stereocenters. The number of benzene rings is 2. The maximum absolute atomic E-state index is 8.80. The van der Waals surface area contributed by atoms with E-state index >= 15 is 0 Å². The van der Waals surface area contributed by atoms with Crippen molar-refractivity contribution in [1.82, 2.24) is 5.32 Å². The second-order valence-electron chi connectivity index (χ2n) is 5.15. The van der Waals surface area contributed by atoms with Crippen LogP contribution in [0.3, 0.4) is 0 Å². The van der Waals surface area contributed by atoms with Gasteiger partial charge in [-0.15, -0.1) is 0 Å². The van der Waals surface area contributed by atoms with Crippen molar-refractivity contribution in [2.24, 2.45) is 0 Å². The van der Waals surface area contributed by atoms with Gasteiger partial charge in [0.15, 0.2) is 0 Å². The van der Waals surface area contributed by atoms with E-state index in [1.165, 1.54) is 5.56 Å². The van der Waals surface area contributed by atoms with Crippen LogP contribution in [0.15, 0.2) is 42.5 Å². The molecule has 21 heavy (non-hydrogen) atoms. The molecular weight excluding hydrogens is 260 g/mol. The second-order valence-corrected chi connectivity index (χ2v) is 5.15. The van der Waals surface area contributed by atoms with E-state index in [1.54, 1.807) is 0 Å². The highest BCUT2D eigenvalue weighted by Crippen LogP contribution is 2.27. The Morgan fingerprint density at radius 1 is 1.19 bits per heavy atom. The van der Waals surface area contributed by atoms with Crippen molar-refractivity contribution in [3.63, 3.8) is 0 Å². The normalized spacial score (nSPS) is 11.7.